The first-order valence-electron chi connectivity index (χ1n) is 21.3. The van der Waals surface area contributed by atoms with E-state index in [1.54, 1.807) is 0 Å². The van der Waals surface area contributed by atoms with Gasteiger partial charge in [-0.1, -0.05) is 154 Å². The maximum absolute atomic E-state index is 10.1. The van der Waals surface area contributed by atoms with Crippen LogP contribution in [0.3, 0.4) is 0 Å². The van der Waals surface area contributed by atoms with Gasteiger partial charge in [0.25, 0.3) is 0 Å². The highest BCUT2D eigenvalue weighted by Crippen LogP contribution is 2.43. The number of fused-ring (bicyclic) bond motifs is 1. The Balaban J connectivity index is 0.000000221. The van der Waals surface area contributed by atoms with Gasteiger partial charge < -0.3 is 10.0 Å². The molecule has 1 aliphatic carbocycles. The fraction of sp³-hybridized carbons (Fsp3) is 0.288. The first-order valence-corrected chi connectivity index (χ1v) is 21.3. The van der Waals surface area contributed by atoms with Crippen molar-refractivity contribution in [3.05, 3.63) is 179 Å². The van der Waals surface area contributed by atoms with Crippen LogP contribution < -0.4 is 4.90 Å². The lowest BCUT2D eigenvalue weighted by atomic mass is 9.77. The van der Waals surface area contributed by atoms with Gasteiger partial charge in [-0.3, -0.25) is 4.99 Å². The van der Waals surface area contributed by atoms with E-state index in [9.17, 15) is 5.11 Å². The minimum Gasteiger partial charge on any atom is -0.393 e. The molecule has 0 spiro atoms. The molecule has 0 saturated heterocycles. The molecule has 5 aromatic carbocycles. The van der Waals surface area contributed by atoms with Crippen LogP contribution in [0.5, 0.6) is 0 Å². The average Bonchev–Trinajstić information content (AvgIpc) is 3.96. The lowest BCUT2D eigenvalue weighted by molar-refractivity contribution is 0.148. The van der Waals surface area contributed by atoms with E-state index in [2.05, 4.69) is 163 Å². The summed E-state index contributed by atoms with van der Waals surface area (Å²) in [5, 5.41) is 23.9. The lowest BCUT2D eigenvalue weighted by Gasteiger charge is -2.36. The summed E-state index contributed by atoms with van der Waals surface area (Å²) in [6, 6.07) is 49.0. The predicted octanol–water partition coefficient (Wildman–Crippen LogP) is 10.9. The molecule has 1 N–H and O–H groups in total. The van der Waals surface area contributed by atoms with Crippen LogP contribution in [-0.4, -0.2) is 56.7 Å². The van der Waals surface area contributed by atoms with Crippen LogP contribution >= 0.6 is 0 Å². The van der Waals surface area contributed by atoms with Crippen molar-refractivity contribution < 1.29 is 5.11 Å². The second-order valence-corrected chi connectivity index (χ2v) is 16.3. The highest BCUT2D eigenvalue weighted by molar-refractivity contribution is 5.81. The first kappa shape index (κ1) is 41.9. The summed E-state index contributed by atoms with van der Waals surface area (Å²) >= 11 is 0. The Hall–Kier alpha value is -6.25. The van der Waals surface area contributed by atoms with Crippen molar-refractivity contribution in [1.82, 2.24) is 25.2 Å². The molecular weight excluding hydrogens is 739 g/mol. The number of aliphatic imine (C=N–C) groups is 1. The molecule has 0 aliphatic heterocycles. The molecule has 0 amide bonds. The van der Waals surface area contributed by atoms with Gasteiger partial charge in [0.15, 0.2) is 11.6 Å². The molecule has 60 heavy (non-hydrogen) atoms. The van der Waals surface area contributed by atoms with Gasteiger partial charge in [0, 0.05) is 31.3 Å². The van der Waals surface area contributed by atoms with Crippen LogP contribution in [0.25, 0.3) is 22.5 Å². The summed E-state index contributed by atoms with van der Waals surface area (Å²) in [6.45, 7) is 13.0. The molecule has 0 saturated carbocycles. The number of tetrazole rings is 1. The molecule has 1 unspecified atom stereocenters. The van der Waals surface area contributed by atoms with Crippen molar-refractivity contribution in [3.63, 3.8) is 0 Å². The van der Waals surface area contributed by atoms with E-state index >= 15 is 0 Å². The standard InChI is InChI=1S/C35H28N4.C17H29N3O/c1-4-15-29(16-5-1)35(30-17-6-2-7-18-30,31-19-8-3-9-20-31)39-34(36-37-38-39)33-22-11-10-21-32(33)28-24-23-26-13-12-14-27(26)25-28;1-7-8-20(6)17-16(18-5)13(4)10-14(19-17)11-15(21)9-12(2)3/h1-11,15-25H,12-14H2;10,12,15,21H,5,7-9,11H2,1-4,6H3. The van der Waals surface area contributed by atoms with Gasteiger partial charge in [-0.25, -0.2) is 9.67 Å². The third-order valence-corrected chi connectivity index (χ3v) is 11.4. The summed E-state index contributed by atoms with van der Waals surface area (Å²) in [4.78, 5) is 10.9. The molecule has 0 bridgehead atoms. The van der Waals surface area contributed by atoms with Crippen molar-refractivity contribution in [1.29, 1.82) is 0 Å². The molecule has 1 aliphatic rings. The van der Waals surface area contributed by atoms with E-state index in [4.69, 9.17) is 10.2 Å². The van der Waals surface area contributed by atoms with Crippen LogP contribution in [0, 0.1) is 12.8 Å². The summed E-state index contributed by atoms with van der Waals surface area (Å²) in [6.07, 6.45) is 5.63. The Labute approximate surface area is 355 Å². The van der Waals surface area contributed by atoms with Crippen molar-refractivity contribution >= 4 is 18.2 Å². The summed E-state index contributed by atoms with van der Waals surface area (Å²) in [5.74, 6) is 2.07. The van der Waals surface area contributed by atoms with Crippen LogP contribution in [0.4, 0.5) is 11.5 Å². The van der Waals surface area contributed by atoms with Gasteiger partial charge >= 0.3 is 0 Å². The van der Waals surface area contributed by atoms with Gasteiger partial charge in [-0.2, -0.15) is 0 Å². The quantitative estimate of drug-likeness (QED) is 0.0870. The zero-order valence-corrected chi connectivity index (χ0v) is 35.7. The number of aliphatic hydroxyl groups is 1. The van der Waals surface area contributed by atoms with Gasteiger partial charge in [0.1, 0.15) is 11.2 Å². The van der Waals surface area contributed by atoms with E-state index in [-0.39, 0.29) is 6.10 Å². The Morgan fingerprint density at radius 3 is 1.95 bits per heavy atom. The van der Waals surface area contributed by atoms with Gasteiger partial charge in [-0.15, -0.1) is 5.10 Å². The SMILES string of the molecule is C=Nc1c(C)cc(CC(O)CC(C)C)nc1N(C)CCC.c1ccc(C(c2ccccc2)(c2ccccc2)n2nnnc2-c2ccccc2-c2ccc3c(c2)CCC3)cc1. The smallest absolute Gasteiger partial charge is 0.184 e. The normalized spacial score (nSPS) is 12.7. The second kappa shape index (κ2) is 19.2. The lowest BCUT2D eigenvalue weighted by Crippen LogP contribution is -2.39. The minimum absolute atomic E-state index is 0.344. The van der Waals surface area contributed by atoms with Crippen molar-refractivity contribution in [2.75, 3.05) is 18.5 Å². The van der Waals surface area contributed by atoms with Gasteiger partial charge in [0.05, 0.1) is 6.10 Å². The molecule has 8 rings (SSSR count). The third kappa shape index (κ3) is 8.85. The van der Waals surface area contributed by atoms with Crippen LogP contribution in [0.15, 0.2) is 145 Å². The molecule has 306 valence electrons. The molecule has 0 fully saturated rings. The average molecular weight is 796 g/mol. The Bertz CT molecular complexity index is 2380. The van der Waals surface area contributed by atoms with E-state index in [1.165, 1.54) is 29.5 Å². The summed E-state index contributed by atoms with van der Waals surface area (Å²) in [5.41, 5.74) is 11.6. The maximum Gasteiger partial charge on any atom is 0.184 e. The topological polar surface area (TPSA) is 92.3 Å². The second-order valence-electron chi connectivity index (χ2n) is 16.3. The monoisotopic (exact) mass is 795 g/mol. The number of benzene rings is 5. The molecule has 2 aromatic heterocycles. The Kier molecular flexibility index (Phi) is 13.4. The molecule has 0 radical (unpaired) electrons. The van der Waals surface area contributed by atoms with E-state index in [1.807, 2.05) is 42.9 Å². The summed E-state index contributed by atoms with van der Waals surface area (Å²) < 4.78 is 2.01. The number of aromatic nitrogens is 5. The number of hydrogen-bond donors (Lipinski definition) is 1. The number of aliphatic hydroxyl groups excluding tert-OH is 1. The molecular formula is C52H57N7O. The van der Waals surface area contributed by atoms with E-state index in [0.29, 0.717) is 12.3 Å². The number of nitrogens with zero attached hydrogens (tertiary/aromatic N) is 7. The molecule has 7 aromatic rings. The number of aryl methyl sites for hydroxylation is 3. The maximum atomic E-state index is 10.1. The number of hydrogen-bond acceptors (Lipinski definition) is 7. The van der Waals surface area contributed by atoms with Crippen molar-refractivity contribution in [3.8, 4) is 22.5 Å². The highest BCUT2D eigenvalue weighted by atomic mass is 16.3. The zero-order chi connectivity index (χ0) is 42.1. The first-order chi connectivity index (χ1) is 29.2. The third-order valence-electron chi connectivity index (χ3n) is 11.4. The fourth-order valence-electron chi connectivity index (χ4n) is 8.75. The van der Waals surface area contributed by atoms with Crippen LogP contribution in [0.2, 0.25) is 0 Å². The number of rotatable bonds is 14. The molecule has 1 atom stereocenters. The molecule has 2 heterocycles. The van der Waals surface area contributed by atoms with E-state index < -0.39 is 5.54 Å². The van der Waals surface area contributed by atoms with E-state index in [0.717, 1.165) is 82.2 Å². The minimum atomic E-state index is -0.784. The largest absolute Gasteiger partial charge is 0.393 e. The Morgan fingerprint density at radius 1 is 0.783 bits per heavy atom. The number of anilines is 1. The van der Waals surface area contributed by atoms with Gasteiger partial charge in [-0.05, 0) is 113 Å². The van der Waals surface area contributed by atoms with Crippen LogP contribution in [-0.2, 0) is 24.8 Å². The molecule has 8 nitrogen and oxygen atoms in total. The fourth-order valence-corrected chi connectivity index (χ4v) is 8.75. The summed E-state index contributed by atoms with van der Waals surface area (Å²) in [7, 11) is 2.02. The predicted molar refractivity (Wildman–Crippen MR) is 246 cm³/mol. The van der Waals surface area contributed by atoms with Crippen molar-refractivity contribution in [2.45, 2.75) is 77.9 Å². The highest BCUT2D eigenvalue weighted by Gasteiger charge is 2.42. The molecule has 8 heteroatoms. The van der Waals surface area contributed by atoms with Crippen molar-refractivity contribution in [2.24, 2.45) is 10.9 Å². The Morgan fingerprint density at radius 2 is 1.37 bits per heavy atom. The van der Waals surface area contributed by atoms with Gasteiger partial charge in [0.2, 0.25) is 0 Å². The van der Waals surface area contributed by atoms with Crippen LogP contribution in [0.1, 0.15) is 79.1 Å². The zero-order valence-electron chi connectivity index (χ0n) is 35.7. The number of pyridine rings is 1.